The number of likely N-dealkylation sites (tertiary alicyclic amines) is 1. The minimum atomic E-state index is -0.557. The average molecular weight is 433 g/mol. The Morgan fingerprint density at radius 3 is 2.65 bits per heavy atom. The molecule has 0 aliphatic carbocycles. The largest absolute Gasteiger partial charge is 0.445 e. The predicted molar refractivity (Wildman–Crippen MR) is 111 cm³/mol. The van der Waals surface area contributed by atoms with Gasteiger partial charge in [-0.25, -0.2) is 4.79 Å². The Morgan fingerprint density at radius 2 is 1.92 bits per heavy atom. The van der Waals surface area contributed by atoms with Crippen molar-refractivity contribution in [2.45, 2.75) is 31.9 Å². The molecule has 0 bridgehead atoms. The van der Waals surface area contributed by atoms with Crippen molar-refractivity contribution in [1.82, 2.24) is 4.90 Å². The van der Waals surface area contributed by atoms with E-state index in [1.165, 1.54) is 0 Å². The van der Waals surface area contributed by atoms with Gasteiger partial charge in [-0.2, -0.15) is 0 Å². The Hall–Kier alpha value is -1.92. The van der Waals surface area contributed by atoms with Crippen LogP contribution in [0.2, 0.25) is 0 Å². The van der Waals surface area contributed by atoms with E-state index in [0.29, 0.717) is 11.5 Å². The number of benzene rings is 2. The van der Waals surface area contributed by atoms with E-state index >= 15 is 0 Å². The van der Waals surface area contributed by atoms with Gasteiger partial charge in [-0.3, -0.25) is 4.90 Å². The predicted octanol–water partition coefficient (Wildman–Crippen LogP) is 5.38. The van der Waals surface area contributed by atoms with E-state index < -0.39 is 5.54 Å². The Labute approximate surface area is 167 Å². The zero-order valence-corrected chi connectivity index (χ0v) is 17.0. The molecule has 1 fully saturated rings. The molecule has 136 valence electrons. The maximum Gasteiger partial charge on any atom is 0.410 e. The standard InChI is InChI=1S/C20H21BrN2O2S/c1-20(18(26)22-17-11-6-5-10-16(17)21)12-7-13-23(20)19(24)25-14-15-8-3-2-4-9-15/h2-6,8-11H,7,12-14H2,1H3,(H,22,26)/t20-/m0/s1. The molecule has 1 atom stereocenters. The van der Waals surface area contributed by atoms with Crippen molar-refractivity contribution in [2.75, 3.05) is 11.9 Å². The summed E-state index contributed by atoms with van der Waals surface area (Å²) in [6.45, 7) is 2.90. The molecule has 1 heterocycles. The highest BCUT2D eigenvalue weighted by Crippen LogP contribution is 2.33. The highest BCUT2D eigenvalue weighted by Gasteiger charge is 2.44. The zero-order chi connectivity index (χ0) is 18.6. The van der Waals surface area contributed by atoms with Crippen LogP contribution in [-0.4, -0.2) is 28.1 Å². The summed E-state index contributed by atoms with van der Waals surface area (Å²) in [5, 5.41) is 3.29. The maximum absolute atomic E-state index is 12.7. The van der Waals surface area contributed by atoms with E-state index in [0.717, 1.165) is 28.6 Å². The number of anilines is 1. The number of nitrogens with zero attached hydrogens (tertiary/aromatic N) is 1. The second kappa shape index (κ2) is 8.18. The summed E-state index contributed by atoms with van der Waals surface area (Å²) in [5.41, 5.74) is 1.30. The number of para-hydroxylation sites is 1. The molecule has 0 radical (unpaired) electrons. The average Bonchev–Trinajstić information content (AvgIpc) is 3.05. The minimum Gasteiger partial charge on any atom is -0.445 e. The number of carbonyl (C=O) groups excluding carboxylic acids is 1. The van der Waals surface area contributed by atoms with Crippen LogP contribution in [0.15, 0.2) is 59.1 Å². The quantitative estimate of drug-likeness (QED) is 0.658. The van der Waals surface area contributed by atoms with Gasteiger partial charge >= 0.3 is 6.09 Å². The molecule has 0 spiro atoms. The molecule has 4 nitrogen and oxygen atoms in total. The van der Waals surface area contributed by atoms with Gasteiger partial charge in [0.25, 0.3) is 0 Å². The summed E-state index contributed by atoms with van der Waals surface area (Å²) in [4.78, 5) is 15.0. The molecule has 2 aromatic carbocycles. The van der Waals surface area contributed by atoms with Crippen molar-refractivity contribution in [1.29, 1.82) is 0 Å². The summed E-state index contributed by atoms with van der Waals surface area (Å²) < 4.78 is 6.45. The van der Waals surface area contributed by atoms with Crippen molar-refractivity contribution in [2.24, 2.45) is 0 Å². The molecule has 0 saturated carbocycles. The van der Waals surface area contributed by atoms with Gasteiger partial charge in [-0.15, -0.1) is 0 Å². The van der Waals surface area contributed by atoms with Gasteiger partial charge in [0.15, 0.2) is 0 Å². The van der Waals surface area contributed by atoms with Crippen LogP contribution < -0.4 is 5.32 Å². The van der Waals surface area contributed by atoms with Crippen LogP contribution in [0.4, 0.5) is 10.5 Å². The normalized spacial score (nSPS) is 19.2. The van der Waals surface area contributed by atoms with Gasteiger partial charge < -0.3 is 10.1 Å². The number of amides is 1. The zero-order valence-electron chi connectivity index (χ0n) is 14.6. The minimum absolute atomic E-state index is 0.261. The lowest BCUT2D eigenvalue weighted by atomic mass is 9.98. The number of nitrogens with one attached hydrogen (secondary N) is 1. The first-order chi connectivity index (χ1) is 12.5. The SMILES string of the molecule is C[C@@]1(C(=S)Nc2ccccc2Br)CCCN1C(=O)OCc1ccccc1. The molecule has 6 heteroatoms. The lowest BCUT2D eigenvalue weighted by Crippen LogP contribution is -2.52. The lowest BCUT2D eigenvalue weighted by molar-refractivity contribution is 0.0860. The van der Waals surface area contributed by atoms with Crippen LogP contribution in [0.1, 0.15) is 25.3 Å². The molecule has 2 aromatic rings. The first-order valence-electron chi connectivity index (χ1n) is 8.55. The lowest BCUT2D eigenvalue weighted by Gasteiger charge is -2.35. The number of carbonyl (C=O) groups is 1. The Balaban J connectivity index is 1.68. The Kier molecular flexibility index (Phi) is 5.94. The Morgan fingerprint density at radius 1 is 1.23 bits per heavy atom. The molecular weight excluding hydrogens is 412 g/mol. The molecule has 1 N–H and O–H groups in total. The van der Waals surface area contributed by atoms with Crippen LogP contribution in [0.25, 0.3) is 0 Å². The fraction of sp³-hybridized carbons (Fsp3) is 0.300. The number of halogens is 1. The fourth-order valence-corrected chi connectivity index (χ4v) is 3.81. The van der Waals surface area contributed by atoms with E-state index in [4.69, 9.17) is 17.0 Å². The van der Waals surface area contributed by atoms with Gasteiger partial charge in [0.05, 0.1) is 11.2 Å². The summed E-state index contributed by atoms with van der Waals surface area (Å²) in [6, 6.07) is 17.5. The van der Waals surface area contributed by atoms with E-state index in [-0.39, 0.29) is 12.7 Å². The number of hydrogen-bond donors (Lipinski definition) is 1. The first-order valence-corrected chi connectivity index (χ1v) is 9.75. The van der Waals surface area contributed by atoms with Crippen LogP contribution in [-0.2, 0) is 11.3 Å². The fourth-order valence-electron chi connectivity index (χ4n) is 3.11. The highest BCUT2D eigenvalue weighted by atomic mass is 79.9. The third-order valence-electron chi connectivity index (χ3n) is 4.68. The highest BCUT2D eigenvalue weighted by molar-refractivity contribution is 9.10. The second-order valence-corrected chi connectivity index (χ2v) is 7.77. The molecular formula is C20H21BrN2O2S. The summed E-state index contributed by atoms with van der Waals surface area (Å²) in [5.74, 6) is 0. The molecule has 0 unspecified atom stereocenters. The van der Waals surface area contributed by atoms with Crippen molar-refractivity contribution in [3.63, 3.8) is 0 Å². The summed E-state index contributed by atoms with van der Waals surface area (Å²) in [6.07, 6.45) is 1.38. The summed E-state index contributed by atoms with van der Waals surface area (Å²) in [7, 11) is 0. The second-order valence-electron chi connectivity index (χ2n) is 6.50. The number of hydrogen-bond acceptors (Lipinski definition) is 3. The molecule has 3 rings (SSSR count). The van der Waals surface area contributed by atoms with Gasteiger partial charge in [0.2, 0.25) is 0 Å². The monoisotopic (exact) mass is 432 g/mol. The van der Waals surface area contributed by atoms with Crippen molar-refractivity contribution >= 4 is 44.9 Å². The molecule has 1 saturated heterocycles. The van der Waals surface area contributed by atoms with E-state index in [1.807, 2.05) is 61.5 Å². The number of rotatable bonds is 4. The van der Waals surface area contributed by atoms with Crippen LogP contribution in [0.5, 0.6) is 0 Å². The molecule has 1 aliphatic rings. The molecule has 1 aliphatic heterocycles. The third kappa shape index (κ3) is 4.07. The molecule has 0 aromatic heterocycles. The van der Waals surface area contributed by atoms with E-state index in [9.17, 15) is 4.79 Å². The van der Waals surface area contributed by atoms with Gasteiger partial charge in [0, 0.05) is 11.0 Å². The number of ether oxygens (including phenoxy) is 1. The van der Waals surface area contributed by atoms with Gasteiger partial charge in [0.1, 0.15) is 11.6 Å². The smallest absolute Gasteiger partial charge is 0.410 e. The third-order valence-corrected chi connectivity index (χ3v) is 5.91. The van der Waals surface area contributed by atoms with E-state index in [2.05, 4.69) is 21.2 Å². The number of thiocarbonyl (C=S) groups is 1. The van der Waals surface area contributed by atoms with Gasteiger partial charge in [-0.1, -0.05) is 54.7 Å². The maximum atomic E-state index is 12.7. The Bertz CT molecular complexity index is 799. The van der Waals surface area contributed by atoms with Crippen LogP contribution in [0.3, 0.4) is 0 Å². The van der Waals surface area contributed by atoms with Crippen LogP contribution >= 0.6 is 28.1 Å². The van der Waals surface area contributed by atoms with Crippen molar-refractivity contribution < 1.29 is 9.53 Å². The van der Waals surface area contributed by atoms with Crippen molar-refractivity contribution in [3.05, 3.63) is 64.6 Å². The van der Waals surface area contributed by atoms with E-state index in [1.54, 1.807) is 4.90 Å². The van der Waals surface area contributed by atoms with Crippen molar-refractivity contribution in [3.8, 4) is 0 Å². The first kappa shape index (κ1) is 18.9. The topological polar surface area (TPSA) is 41.6 Å². The molecule has 26 heavy (non-hydrogen) atoms. The van der Waals surface area contributed by atoms with Gasteiger partial charge in [-0.05, 0) is 53.4 Å². The summed E-state index contributed by atoms with van der Waals surface area (Å²) >= 11 is 9.18. The van der Waals surface area contributed by atoms with Crippen LogP contribution in [0, 0.1) is 0 Å². The molecule has 1 amide bonds.